The number of hydrogen-bond acceptors (Lipinski definition) is 4. The van der Waals surface area contributed by atoms with Crippen molar-refractivity contribution in [2.45, 2.75) is 6.54 Å². The Kier molecular flexibility index (Phi) is 4.58. The van der Waals surface area contributed by atoms with Crippen LogP contribution in [0.1, 0.15) is 5.56 Å². The van der Waals surface area contributed by atoms with Crippen molar-refractivity contribution in [3.63, 3.8) is 0 Å². The molecule has 0 bridgehead atoms. The molecule has 0 aliphatic rings. The number of ether oxygens (including phenoxy) is 2. The third-order valence-electron chi connectivity index (χ3n) is 2.89. The van der Waals surface area contributed by atoms with Crippen LogP contribution in [0.15, 0.2) is 36.4 Å². The van der Waals surface area contributed by atoms with Gasteiger partial charge in [0, 0.05) is 18.7 Å². The lowest BCUT2D eigenvalue weighted by Gasteiger charge is -2.14. The van der Waals surface area contributed by atoms with E-state index in [1.54, 1.807) is 38.5 Å². The van der Waals surface area contributed by atoms with Gasteiger partial charge in [-0.05, 0) is 17.7 Å². The Bertz CT molecular complexity index is 584. The molecule has 0 aliphatic carbocycles. The van der Waals surface area contributed by atoms with Gasteiger partial charge in [0.15, 0.2) is 0 Å². The molecule has 20 heavy (non-hydrogen) atoms. The molecule has 0 fully saturated rings. The van der Waals surface area contributed by atoms with E-state index in [4.69, 9.17) is 21.1 Å². The van der Waals surface area contributed by atoms with E-state index in [0.717, 1.165) is 11.3 Å². The third-order valence-corrected chi connectivity index (χ3v) is 3.19. The first-order valence-corrected chi connectivity index (χ1v) is 6.45. The molecule has 0 atom stereocenters. The van der Waals surface area contributed by atoms with E-state index >= 15 is 0 Å². The zero-order valence-corrected chi connectivity index (χ0v) is 12.1. The van der Waals surface area contributed by atoms with Gasteiger partial charge < -0.3 is 19.9 Å². The second kappa shape index (κ2) is 6.39. The Labute approximate surface area is 122 Å². The van der Waals surface area contributed by atoms with Crippen LogP contribution in [0.25, 0.3) is 0 Å². The molecule has 0 aromatic heterocycles. The lowest BCUT2D eigenvalue weighted by atomic mass is 10.2. The van der Waals surface area contributed by atoms with Crippen molar-refractivity contribution in [2.75, 3.05) is 19.5 Å². The summed E-state index contributed by atoms with van der Waals surface area (Å²) in [5, 5.41) is 13.0. The van der Waals surface area contributed by atoms with Crippen LogP contribution in [0.4, 0.5) is 5.69 Å². The maximum Gasteiger partial charge on any atom is 0.143 e. The van der Waals surface area contributed by atoms with Crippen molar-refractivity contribution in [3.05, 3.63) is 47.0 Å². The van der Waals surface area contributed by atoms with Crippen LogP contribution in [-0.4, -0.2) is 19.3 Å². The monoisotopic (exact) mass is 293 g/mol. The predicted octanol–water partition coefficient (Wildman–Crippen LogP) is 3.67. The van der Waals surface area contributed by atoms with E-state index in [1.165, 1.54) is 0 Å². The molecule has 2 rings (SSSR count). The number of methoxy groups -OCH3 is 2. The van der Waals surface area contributed by atoms with Crippen LogP contribution in [0.5, 0.6) is 17.2 Å². The molecule has 5 heteroatoms. The van der Waals surface area contributed by atoms with Crippen LogP contribution in [0.2, 0.25) is 5.02 Å². The molecule has 0 saturated carbocycles. The first-order valence-electron chi connectivity index (χ1n) is 6.07. The summed E-state index contributed by atoms with van der Waals surface area (Å²) >= 11 is 6.05. The highest BCUT2D eigenvalue weighted by molar-refractivity contribution is 6.32. The fourth-order valence-corrected chi connectivity index (χ4v) is 2.04. The molecule has 0 aliphatic heterocycles. The van der Waals surface area contributed by atoms with Crippen molar-refractivity contribution in [1.29, 1.82) is 0 Å². The minimum Gasteiger partial charge on any atom is -0.508 e. The summed E-state index contributed by atoms with van der Waals surface area (Å²) in [5.74, 6) is 1.48. The van der Waals surface area contributed by atoms with Crippen molar-refractivity contribution < 1.29 is 14.6 Å². The van der Waals surface area contributed by atoms with E-state index in [2.05, 4.69) is 5.32 Å². The summed E-state index contributed by atoms with van der Waals surface area (Å²) in [7, 11) is 3.15. The number of benzene rings is 2. The molecule has 0 amide bonds. The number of rotatable bonds is 5. The fraction of sp³-hybridized carbons (Fsp3) is 0.200. The lowest BCUT2D eigenvalue weighted by Crippen LogP contribution is -2.02. The Hall–Kier alpha value is -2.07. The van der Waals surface area contributed by atoms with Crippen LogP contribution < -0.4 is 14.8 Å². The van der Waals surface area contributed by atoms with Gasteiger partial charge in [0.2, 0.25) is 0 Å². The van der Waals surface area contributed by atoms with E-state index in [1.807, 2.05) is 12.1 Å². The molecule has 2 aromatic rings. The Morgan fingerprint density at radius 3 is 2.30 bits per heavy atom. The second-order valence-corrected chi connectivity index (χ2v) is 4.61. The van der Waals surface area contributed by atoms with E-state index < -0.39 is 0 Å². The molecule has 106 valence electrons. The van der Waals surface area contributed by atoms with Gasteiger partial charge in [0.1, 0.15) is 17.2 Å². The Balaban J connectivity index is 2.17. The predicted molar refractivity (Wildman–Crippen MR) is 80.0 cm³/mol. The Morgan fingerprint density at radius 2 is 1.70 bits per heavy atom. The van der Waals surface area contributed by atoms with Crippen molar-refractivity contribution >= 4 is 17.3 Å². The topological polar surface area (TPSA) is 50.7 Å². The average Bonchev–Trinajstić information content (AvgIpc) is 2.47. The number of phenols is 1. The fourth-order valence-electron chi connectivity index (χ4n) is 1.81. The third kappa shape index (κ3) is 3.27. The van der Waals surface area contributed by atoms with Gasteiger partial charge in [-0.3, -0.25) is 0 Å². The molecule has 0 spiro atoms. The molecule has 4 nitrogen and oxygen atoms in total. The molecule has 0 radical (unpaired) electrons. The highest BCUT2D eigenvalue weighted by Gasteiger charge is 2.09. The SMILES string of the molecule is COc1cc(NCc2ccc(O)cc2)c(OC)cc1Cl. The average molecular weight is 294 g/mol. The molecular weight excluding hydrogens is 278 g/mol. The van der Waals surface area contributed by atoms with Crippen molar-refractivity contribution in [3.8, 4) is 17.2 Å². The maximum absolute atomic E-state index is 9.25. The number of nitrogens with one attached hydrogen (secondary N) is 1. The van der Waals surface area contributed by atoms with Gasteiger partial charge in [-0.15, -0.1) is 0 Å². The molecule has 0 heterocycles. The smallest absolute Gasteiger partial charge is 0.143 e. The summed E-state index contributed by atoms with van der Waals surface area (Å²) in [5.41, 5.74) is 1.83. The highest BCUT2D eigenvalue weighted by Crippen LogP contribution is 2.36. The van der Waals surface area contributed by atoms with E-state index in [9.17, 15) is 5.11 Å². The largest absolute Gasteiger partial charge is 0.508 e. The second-order valence-electron chi connectivity index (χ2n) is 4.21. The Morgan fingerprint density at radius 1 is 1.05 bits per heavy atom. The maximum atomic E-state index is 9.25. The summed E-state index contributed by atoms with van der Waals surface area (Å²) < 4.78 is 10.5. The summed E-state index contributed by atoms with van der Waals surface area (Å²) in [4.78, 5) is 0. The summed E-state index contributed by atoms with van der Waals surface area (Å²) in [6.45, 7) is 0.599. The zero-order valence-electron chi connectivity index (χ0n) is 11.3. The van der Waals surface area contributed by atoms with Gasteiger partial charge in [-0.25, -0.2) is 0 Å². The number of halogens is 1. The molecule has 0 saturated heterocycles. The first-order chi connectivity index (χ1) is 9.63. The van der Waals surface area contributed by atoms with Crippen molar-refractivity contribution in [1.82, 2.24) is 0 Å². The van der Waals surface area contributed by atoms with Gasteiger partial charge in [0.05, 0.1) is 24.9 Å². The molecule has 0 unspecified atom stereocenters. The lowest BCUT2D eigenvalue weighted by molar-refractivity contribution is 0.404. The first kappa shape index (κ1) is 14.3. The number of hydrogen-bond donors (Lipinski definition) is 2. The molecule has 2 aromatic carbocycles. The van der Waals surface area contributed by atoms with E-state index in [-0.39, 0.29) is 5.75 Å². The van der Waals surface area contributed by atoms with Gasteiger partial charge in [-0.2, -0.15) is 0 Å². The van der Waals surface area contributed by atoms with Crippen molar-refractivity contribution in [2.24, 2.45) is 0 Å². The zero-order chi connectivity index (χ0) is 14.5. The summed E-state index contributed by atoms with van der Waals surface area (Å²) in [6.07, 6.45) is 0. The minimum atomic E-state index is 0.250. The standard InChI is InChI=1S/C15H16ClNO3/c1-19-14-8-13(15(20-2)7-12(14)16)17-9-10-3-5-11(18)6-4-10/h3-8,17-18H,9H2,1-2H3. The van der Waals surface area contributed by atoms with Crippen LogP contribution >= 0.6 is 11.6 Å². The van der Waals surface area contributed by atoms with Crippen LogP contribution in [0.3, 0.4) is 0 Å². The molecular formula is C15H16ClNO3. The van der Waals surface area contributed by atoms with Crippen LogP contribution in [-0.2, 0) is 6.54 Å². The van der Waals surface area contributed by atoms with Gasteiger partial charge >= 0.3 is 0 Å². The van der Waals surface area contributed by atoms with E-state index in [0.29, 0.717) is 23.1 Å². The molecule has 2 N–H and O–H groups in total. The number of phenolic OH excluding ortho intramolecular Hbond substituents is 1. The van der Waals surface area contributed by atoms with Gasteiger partial charge in [0.25, 0.3) is 0 Å². The summed E-state index contributed by atoms with van der Waals surface area (Å²) in [6, 6.07) is 10.5. The highest BCUT2D eigenvalue weighted by atomic mass is 35.5. The minimum absolute atomic E-state index is 0.250. The number of aromatic hydroxyl groups is 1. The van der Waals surface area contributed by atoms with Crippen LogP contribution in [0, 0.1) is 0 Å². The quantitative estimate of drug-likeness (QED) is 0.883. The van der Waals surface area contributed by atoms with Gasteiger partial charge in [-0.1, -0.05) is 23.7 Å². The number of anilines is 1. The normalized spacial score (nSPS) is 10.2.